The molecule has 5 aromatic rings. The standard InChI is InChI=1S/C29H25N5O7P2/c1-18-10-12-19(13-11-18)17-32-29(35)24-16-21-7-3-5-9-23(21)27(28(24)39-43(40-30)41-31)26-22-8-4-2-6-20(22)14-15-25(26)38-42(33-36)34-37/h2-16H,17,30-31H2,1H3,(H,32,35). The maximum Gasteiger partial charge on any atom is 0.433 e. The first-order valence-corrected chi connectivity index (χ1v) is 15.0. The van der Waals surface area contributed by atoms with Crippen molar-refractivity contribution in [1.82, 2.24) is 5.32 Å². The van der Waals surface area contributed by atoms with Crippen LogP contribution in [-0.2, 0) is 15.8 Å². The van der Waals surface area contributed by atoms with Crippen LogP contribution >= 0.6 is 17.1 Å². The van der Waals surface area contributed by atoms with Crippen molar-refractivity contribution in [2.75, 3.05) is 0 Å². The van der Waals surface area contributed by atoms with Gasteiger partial charge in [-0.05, 0) is 46.2 Å². The van der Waals surface area contributed by atoms with Gasteiger partial charge in [0.1, 0.15) is 11.5 Å². The number of nitroso groups, excluding NO2 is 2. The first-order chi connectivity index (χ1) is 21.0. The predicted octanol–water partition coefficient (Wildman–Crippen LogP) is 7.42. The zero-order chi connectivity index (χ0) is 30.3. The summed E-state index contributed by atoms with van der Waals surface area (Å²) in [6, 6.07) is 27.4. The Morgan fingerprint density at radius 3 is 2.07 bits per heavy atom. The van der Waals surface area contributed by atoms with Crippen LogP contribution in [0.15, 0.2) is 101 Å². The van der Waals surface area contributed by atoms with Gasteiger partial charge in [0.25, 0.3) is 5.91 Å². The Morgan fingerprint density at radius 2 is 1.42 bits per heavy atom. The summed E-state index contributed by atoms with van der Waals surface area (Å²) in [5.74, 6) is 10.5. The summed E-state index contributed by atoms with van der Waals surface area (Å²) in [6.07, 6.45) is 0. The van der Waals surface area contributed by atoms with Crippen LogP contribution in [0.4, 0.5) is 0 Å². The number of nitrogens with one attached hydrogen (secondary N) is 1. The number of hydrogen-bond donors (Lipinski definition) is 3. The fourth-order valence-corrected chi connectivity index (χ4v) is 5.59. The molecular weight excluding hydrogens is 592 g/mol. The van der Waals surface area contributed by atoms with Crippen LogP contribution in [0.1, 0.15) is 21.5 Å². The van der Waals surface area contributed by atoms with Gasteiger partial charge in [-0.15, -0.1) is 9.81 Å². The highest BCUT2D eigenvalue weighted by Gasteiger charge is 2.29. The number of hydrogen-bond acceptors (Lipinski definition) is 11. The largest absolute Gasteiger partial charge is 0.433 e. The van der Waals surface area contributed by atoms with Crippen LogP contribution in [-0.4, -0.2) is 5.91 Å². The van der Waals surface area contributed by atoms with E-state index in [-0.39, 0.29) is 23.6 Å². The fourth-order valence-electron chi connectivity index (χ4n) is 4.69. The second kappa shape index (κ2) is 13.7. The van der Waals surface area contributed by atoms with Gasteiger partial charge in [-0.1, -0.05) is 84.4 Å². The monoisotopic (exact) mass is 617 g/mol. The normalized spacial score (nSPS) is 11.2. The van der Waals surface area contributed by atoms with E-state index in [1.54, 1.807) is 18.2 Å². The summed E-state index contributed by atoms with van der Waals surface area (Å²) in [5, 5.41) is 5.71. The lowest BCUT2D eigenvalue weighted by atomic mass is 9.90. The quantitative estimate of drug-likeness (QED) is 0.0730. The Bertz CT molecular complexity index is 1790. The molecule has 43 heavy (non-hydrogen) atoms. The fraction of sp³-hybridized carbons (Fsp3) is 0.0690. The van der Waals surface area contributed by atoms with E-state index in [2.05, 4.69) is 15.2 Å². The summed E-state index contributed by atoms with van der Waals surface area (Å²) >= 11 is 0. The Hall–Kier alpha value is -4.41. The molecule has 0 radical (unpaired) electrons. The molecule has 14 heteroatoms. The molecular formula is C29H25N5O7P2. The number of amides is 1. The molecule has 0 saturated heterocycles. The van der Waals surface area contributed by atoms with Crippen LogP contribution in [0.5, 0.6) is 11.5 Å². The van der Waals surface area contributed by atoms with Gasteiger partial charge in [0, 0.05) is 27.6 Å². The number of nitrogens with two attached hydrogens (primary N) is 2. The topological polar surface area (TPSA) is 177 Å². The molecule has 0 aromatic heterocycles. The van der Waals surface area contributed by atoms with Gasteiger partial charge in [0.15, 0.2) is 0 Å². The third kappa shape index (κ3) is 6.50. The van der Waals surface area contributed by atoms with Crippen molar-refractivity contribution in [3.05, 3.63) is 117 Å². The molecule has 5 aromatic carbocycles. The van der Waals surface area contributed by atoms with Gasteiger partial charge in [-0.2, -0.15) is 0 Å². The number of benzene rings is 5. The highest BCUT2D eigenvalue weighted by atomic mass is 31.2. The number of carbonyl (C=O) groups excluding carboxylic acids is 1. The third-order valence-corrected chi connectivity index (χ3v) is 7.93. The van der Waals surface area contributed by atoms with Gasteiger partial charge >= 0.3 is 17.1 Å². The van der Waals surface area contributed by atoms with Crippen LogP contribution < -0.4 is 26.2 Å². The van der Waals surface area contributed by atoms with E-state index in [1.807, 2.05) is 79.7 Å². The molecule has 0 aliphatic rings. The molecule has 12 nitrogen and oxygen atoms in total. The molecule has 0 aliphatic heterocycles. The van der Waals surface area contributed by atoms with E-state index in [1.165, 1.54) is 0 Å². The highest BCUT2D eigenvalue weighted by molar-refractivity contribution is 7.49. The number of aryl methyl sites for hydroxylation is 1. The lowest BCUT2D eigenvalue weighted by molar-refractivity contribution is 0.0949. The first kappa shape index (κ1) is 30.1. The Balaban J connectivity index is 1.79. The average molecular weight is 617 g/mol. The van der Waals surface area contributed by atoms with E-state index < -0.39 is 23.0 Å². The molecule has 5 N–H and O–H groups in total. The molecule has 0 heterocycles. The molecule has 0 atom stereocenters. The van der Waals surface area contributed by atoms with Gasteiger partial charge in [-0.3, -0.25) is 4.79 Å². The second-order valence-corrected chi connectivity index (χ2v) is 11.3. The molecule has 0 saturated carbocycles. The molecule has 0 aliphatic carbocycles. The van der Waals surface area contributed by atoms with Crippen molar-refractivity contribution < 1.29 is 23.1 Å². The van der Waals surface area contributed by atoms with Crippen molar-refractivity contribution in [1.29, 1.82) is 0 Å². The van der Waals surface area contributed by atoms with E-state index in [0.717, 1.165) is 16.5 Å². The summed E-state index contributed by atoms with van der Waals surface area (Å²) in [4.78, 5) is 42.0. The Morgan fingerprint density at radius 1 is 0.791 bits per heavy atom. The van der Waals surface area contributed by atoms with Crippen LogP contribution in [0.2, 0.25) is 0 Å². The zero-order valence-electron chi connectivity index (χ0n) is 22.7. The van der Waals surface area contributed by atoms with E-state index in [9.17, 15) is 14.6 Å². The maximum atomic E-state index is 13.8. The minimum Gasteiger partial charge on any atom is -0.430 e. The molecule has 0 unspecified atom stereocenters. The maximum absolute atomic E-state index is 13.8. The van der Waals surface area contributed by atoms with Gasteiger partial charge in [0.2, 0.25) is 0 Å². The summed E-state index contributed by atoms with van der Waals surface area (Å²) in [5.41, 5.74) is 2.87. The Labute approximate surface area is 248 Å². The second-order valence-electron chi connectivity index (χ2n) is 9.21. The average Bonchev–Trinajstić information content (AvgIpc) is 3.05. The summed E-state index contributed by atoms with van der Waals surface area (Å²) < 4.78 is 21.4. The van der Waals surface area contributed by atoms with Crippen LogP contribution in [0.3, 0.4) is 0 Å². The van der Waals surface area contributed by atoms with Crippen molar-refractivity contribution in [3.8, 4) is 22.6 Å². The lowest BCUT2D eigenvalue weighted by Crippen LogP contribution is -2.23. The molecule has 1 amide bonds. The van der Waals surface area contributed by atoms with Crippen molar-refractivity contribution in [2.45, 2.75) is 13.5 Å². The number of fused-ring (bicyclic) bond motifs is 2. The summed E-state index contributed by atoms with van der Waals surface area (Å²) in [6.45, 7) is 2.21. The Kier molecular flexibility index (Phi) is 9.58. The van der Waals surface area contributed by atoms with Crippen molar-refractivity contribution >= 4 is 44.5 Å². The predicted molar refractivity (Wildman–Crippen MR) is 166 cm³/mol. The minimum atomic E-state index is -2.59. The number of carbonyl (C=O) groups is 1. The van der Waals surface area contributed by atoms with Crippen molar-refractivity contribution in [2.24, 2.45) is 21.7 Å². The smallest absolute Gasteiger partial charge is 0.430 e. The molecule has 5 rings (SSSR count). The zero-order valence-corrected chi connectivity index (χ0v) is 24.5. The van der Waals surface area contributed by atoms with E-state index >= 15 is 0 Å². The highest BCUT2D eigenvalue weighted by Crippen LogP contribution is 2.53. The van der Waals surface area contributed by atoms with E-state index in [0.29, 0.717) is 27.3 Å². The first-order valence-electron chi connectivity index (χ1n) is 12.8. The van der Waals surface area contributed by atoms with Crippen LogP contribution in [0.25, 0.3) is 32.7 Å². The molecule has 0 fully saturated rings. The van der Waals surface area contributed by atoms with Crippen molar-refractivity contribution in [3.63, 3.8) is 0 Å². The van der Waals surface area contributed by atoms with Gasteiger partial charge < -0.3 is 14.4 Å². The van der Waals surface area contributed by atoms with Gasteiger partial charge in [-0.25, -0.2) is 21.0 Å². The number of rotatable bonds is 12. The molecule has 218 valence electrons. The van der Waals surface area contributed by atoms with Crippen LogP contribution in [0, 0.1) is 16.7 Å². The SMILES string of the molecule is Cc1ccc(CNC(=O)c2cc3ccccc3c(-c3c(OP(N=O)N=O)ccc4ccccc34)c2OP(ON)ON)cc1. The van der Waals surface area contributed by atoms with Gasteiger partial charge in [0.05, 0.1) is 5.56 Å². The molecule has 0 bridgehead atoms. The lowest BCUT2D eigenvalue weighted by Gasteiger charge is -2.22. The number of nitrogens with zero attached hydrogens (tertiary/aromatic N) is 2. The third-order valence-electron chi connectivity index (χ3n) is 6.62. The molecule has 0 spiro atoms. The summed E-state index contributed by atoms with van der Waals surface area (Å²) in [7, 11) is -4.96. The minimum absolute atomic E-state index is 0.0192. The van der Waals surface area contributed by atoms with E-state index in [4.69, 9.17) is 30.1 Å².